The van der Waals surface area contributed by atoms with Gasteiger partial charge in [-0.05, 0) is 35.1 Å². The summed E-state index contributed by atoms with van der Waals surface area (Å²) >= 11 is 0. The number of nitrogens with one attached hydrogen (secondary N) is 2. The molecule has 3 rings (SSSR count). The Bertz CT molecular complexity index is 928. The maximum Gasteiger partial charge on any atom is 0.407 e. The molecule has 0 heterocycles. The summed E-state index contributed by atoms with van der Waals surface area (Å²) in [5.74, 6) is -1.98. The smallest absolute Gasteiger partial charge is 0.407 e. The number of carbonyl (C=O) groups excluding carboxylic acids is 2. The number of carboxylic acids is 1. The quantitative estimate of drug-likeness (QED) is 0.601. The van der Waals surface area contributed by atoms with Gasteiger partial charge in [0.15, 0.2) is 0 Å². The Morgan fingerprint density at radius 1 is 0.968 bits per heavy atom. The Kier molecular flexibility index (Phi) is 6.95. The van der Waals surface area contributed by atoms with Crippen LogP contribution in [0.5, 0.6) is 0 Å². The second-order valence-corrected chi connectivity index (χ2v) is 7.90. The van der Waals surface area contributed by atoms with Crippen LogP contribution < -0.4 is 10.6 Å². The molecule has 0 saturated carbocycles. The first-order valence-corrected chi connectivity index (χ1v) is 10.5. The molecule has 3 N–H and O–H groups in total. The highest BCUT2D eigenvalue weighted by molar-refractivity contribution is 5.89. The van der Waals surface area contributed by atoms with Gasteiger partial charge in [0.2, 0.25) is 5.91 Å². The largest absolute Gasteiger partial charge is 0.480 e. The van der Waals surface area contributed by atoms with Gasteiger partial charge in [-0.15, -0.1) is 0 Å². The van der Waals surface area contributed by atoms with Crippen molar-refractivity contribution in [1.82, 2.24) is 10.6 Å². The number of ether oxygens (including phenoxy) is 1. The van der Waals surface area contributed by atoms with Gasteiger partial charge in [0, 0.05) is 5.92 Å². The van der Waals surface area contributed by atoms with Crippen LogP contribution in [0.4, 0.5) is 4.79 Å². The van der Waals surface area contributed by atoms with Gasteiger partial charge in [0.1, 0.15) is 18.7 Å². The number of aliphatic carboxylic acids is 1. The van der Waals surface area contributed by atoms with E-state index in [9.17, 15) is 19.5 Å². The highest BCUT2D eigenvalue weighted by atomic mass is 16.5. The van der Waals surface area contributed by atoms with Crippen LogP contribution in [-0.2, 0) is 14.3 Å². The summed E-state index contributed by atoms with van der Waals surface area (Å²) in [7, 11) is 0. The van der Waals surface area contributed by atoms with Crippen molar-refractivity contribution in [3.63, 3.8) is 0 Å². The SMILES string of the molecule is CC[C@H](C)[C@H](NC(=O)C(C)NC(=O)OCC1c2ccccc2-c2ccccc21)C(=O)O. The van der Waals surface area contributed by atoms with E-state index in [0.717, 1.165) is 22.3 Å². The normalized spacial score (nSPS) is 15.2. The molecule has 0 radical (unpaired) electrons. The van der Waals surface area contributed by atoms with E-state index in [2.05, 4.69) is 22.8 Å². The molecule has 2 amide bonds. The first-order chi connectivity index (χ1) is 14.8. The molecule has 0 saturated heterocycles. The number of fused-ring (bicyclic) bond motifs is 3. The summed E-state index contributed by atoms with van der Waals surface area (Å²) in [6.45, 7) is 5.24. The lowest BCUT2D eigenvalue weighted by Crippen LogP contribution is -2.52. The summed E-state index contributed by atoms with van der Waals surface area (Å²) < 4.78 is 5.44. The van der Waals surface area contributed by atoms with Gasteiger partial charge in [0.05, 0.1) is 0 Å². The fourth-order valence-electron chi connectivity index (χ4n) is 3.84. The molecule has 0 spiro atoms. The van der Waals surface area contributed by atoms with Crippen LogP contribution in [-0.4, -0.2) is 41.8 Å². The number of alkyl carbamates (subject to hydrolysis) is 1. The van der Waals surface area contributed by atoms with Crippen LogP contribution >= 0.6 is 0 Å². The number of carboxylic acid groups (broad SMARTS) is 1. The lowest BCUT2D eigenvalue weighted by Gasteiger charge is -2.22. The predicted molar refractivity (Wildman–Crippen MR) is 117 cm³/mol. The van der Waals surface area contributed by atoms with Crippen molar-refractivity contribution in [2.24, 2.45) is 5.92 Å². The molecule has 0 aliphatic heterocycles. The highest BCUT2D eigenvalue weighted by Gasteiger charge is 2.30. The Hall–Kier alpha value is -3.35. The molecule has 2 aromatic rings. The third kappa shape index (κ3) is 4.87. The molecule has 7 nitrogen and oxygen atoms in total. The van der Waals surface area contributed by atoms with Gasteiger partial charge in [-0.1, -0.05) is 68.8 Å². The third-order valence-corrected chi connectivity index (χ3v) is 5.85. The number of benzene rings is 2. The van der Waals surface area contributed by atoms with Crippen LogP contribution in [0.25, 0.3) is 11.1 Å². The molecule has 7 heteroatoms. The van der Waals surface area contributed by atoms with Crippen molar-refractivity contribution in [3.8, 4) is 11.1 Å². The van der Waals surface area contributed by atoms with Gasteiger partial charge in [-0.25, -0.2) is 9.59 Å². The first-order valence-electron chi connectivity index (χ1n) is 10.5. The minimum Gasteiger partial charge on any atom is -0.480 e. The topological polar surface area (TPSA) is 105 Å². The lowest BCUT2D eigenvalue weighted by atomic mass is 9.98. The Labute approximate surface area is 181 Å². The monoisotopic (exact) mass is 424 g/mol. The molecule has 0 bridgehead atoms. The predicted octanol–water partition coefficient (Wildman–Crippen LogP) is 3.53. The lowest BCUT2D eigenvalue weighted by molar-refractivity contribution is -0.143. The summed E-state index contributed by atoms with van der Waals surface area (Å²) in [6.07, 6.45) is -0.120. The van der Waals surface area contributed by atoms with Gasteiger partial charge in [0.25, 0.3) is 0 Å². The molecule has 0 aromatic heterocycles. The van der Waals surface area contributed by atoms with Crippen LogP contribution in [0.2, 0.25) is 0 Å². The van der Waals surface area contributed by atoms with E-state index in [1.54, 1.807) is 6.92 Å². The Morgan fingerprint density at radius 3 is 2.03 bits per heavy atom. The number of carbonyl (C=O) groups is 3. The molecule has 164 valence electrons. The van der Waals surface area contributed by atoms with E-state index in [-0.39, 0.29) is 18.4 Å². The molecule has 0 fully saturated rings. The van der Waals surface area contributed by atoms with Crippen molar-refractivity contribution in [1.29, 1.82) is 0 Å². The standard InChI is InChI=1S/C24H28N2O5/c1-4-14(2)21(23(28)29)26-22(27)15(3)25-24(30)31-13-20-18-11-7-5-9-16(18)17-10-6-8-12-19(17)20/h5-12,14-15,20-21H,4,13H2,1-3H3,(H,25,30)(H,26,27)(H,28,29)/t14-,15?,21-/m0/s1. The van der Waals surface area contributed by atoms with Crippen LogP contribution in [0, 0.1) is 5.92 Å². The van der Waals surface area contributed by atoms with Crippen LogP contribution in [0.15, 0.2) is 48.5 Å². The van der Waals surface area contributed by atoms with Gasteiger partial charge in [-0.3, -0.25) is 4.79 Å². The zero-order valence-corrected chi connectivity index (χ0v) is 17.9. The zero-order chi connectivity index (χ0) is 22.5. The Morgan fingerprint density at radius 2 is 1.52 bits per heavy atom. The zero-order valence-electron chi connectivity index (χ0n) is 17.9. The third-order valence-electron chi connectivity index (χ3n) is 5.85. The van der Waals surface area contributed by atoms with Gasteiger partial charge < -0.3 is 20.5 Å². The number of hydrogen-bond acceptors (Lipinski definition) is 4. The highest BCUT2D eigenvalue weighted by Crippen LogP contribution is 2.44. The van der Waals surface area contributed by atoms with Gasteiger partial charge >= 0.3 is 12.1 Å². The maximum atomic E-state index is 12.4. The van der Waals surface area contributed by atoms with Crippen molar-refractivity contribution >= 4 is 18.0 Å². The van der Waals surface area contributed by atoms with Crippen LogP contribution in [0.3, 0.4) is 0 Å². The molecular weight excluding hydrogens is 396 g/mol. The van der Waals surface area contributed by atoms with Crippen LogP contribution in [0.1, 0.15) is 44.2 Å². The number of amides is 2. The summed E-state index contributed by atoms with van der Waals surface area (Å²) in [4.78, 5) is 36.1. The van der Waals surface area contributed by atoms with Crippen molar-refractivity contribution in [2.45, 2.75) is 45.2 Å². The van der Waals surface area contributed by atoms with Crippen molar-refractivity contribution in [3.05, 3.63) is 59.7 Å². The summed E-state index contributed by atoms with van der Waals surface area (Å²) in [5.41, 5.74) is 4.45. The van der Waals surface area contributed by atoms with E-state index in [0.29, 0.717) is 6.42 Å². The minimum atomic E-state index is -1.10. The van der Waals surface area contributed by atoms with Crippen molar-refractivity contribution < 1.29 is 24.2 Å². The van der Waals surface area contributed by atoms with E-state index in [4.69, 9.17) is 4.74 Å². The fourth-order valence-corrected chi connectivity index (χ4v) is 3.84. The molecule has 31 heavy (non-hydrogen) atoms. The van der Waals surface area contributed by atoms with E-state index < -0.39 is 30.1 Å². The molecule has 2 aromatic carbocycles. The molecule has 1 aliphatic rings. The van der Waals surface area contributed by atoms with E-state index >= 15 is 0 Å². The van der Waals surface area contributed by atoms with E-state index in [1.165, 1.54) is 6.92 Å². The molecule has 3 atom stereocenters. The first kappa shape index (κ1) is 22.3. The molecule has 1 unspecified atom stereocenters. The second kappa shape index (κ2) is 9.64. The summed E-state index contributed by atoms with van der Waals surface area (Å²) in [5, 5.41) is 14.3. The number of rotatable bonds is 8. The average Bonchev–Trinajstić information content (AvgIpc) is 3.08. The van der Waals surface area contributed by atoms with E-state index in [1.807, 2.05) is 43.3 Å². The average molecular weight is 424 g/mol. The minimum absolute atomic E-state index is 0.0796. The maximum absolute atomic E-state index is 12.4. The summed E-state index contributed by atoms with van der Waals surface area (Å²) in [6, 6.07) is 14.1. The number of hydrogen-bond donors (Lipinski definition) is 3. The fraction of sp³-hybridized carbons (Fsp3) is 0.375. The molecule has 1 aliphatic carbocycles. The van der Waals surface area contributed by atoms with Gasteiger partial charge in [-0.2, -0.15) is 0 Å². The molecular formula is C24H28N2O5. The Balaban J connectivity index is 1.59. The second-order valence-electron chi connectivity index (χ2n) is 7.90. The van der Waals surface area contributed by atoms with Crippen molar-refractivity contribution in [2.75, 3.05) is 6.61 Å².